The summed E-state index contributed by atoms with van der Waals surface area (Å²) in [6, 6.07) is 15.5. The second-order valence-electron chi connectivity index (χ2n) is 8.63. The van der Waals surface area contributed by atoms with Gasteiger partial charge in [0.1, 0.15) is 5.75 Å². The van der Waals surface area contributed by atoms with Crippen LogP contribution in [0.5, 0.6) is 5.75 Å². The SMILES string of the molecule is CC(C)c1ccccc1NC(=O)CN1C[C@@H](C(=O)N2CCCCC2)Oc2ccccc21. The third-order valence-corrected chi connectivity index (χ3v) is 6.00. The fourth-order valence-corrected chi connectivity index (χ4v) is 4.38. The van der Waals surface area contributed by atoms with Gasteiger partial charge in [-0.3, -0.25) is 9.59 Å². The zero-order valence-electron chi connectivity index (χ0n) is 18.3. The summed E-state index contributed by atoms with van der Waals surface area (Å²) in [4.78, 5) is 29.9. The first-order valence-electron chi connectivity index (χ1n) is 11.2. The predicted octanol–water partition coefficient (Wildman–Crippen LogP) is 4.03. The second kappa shape index (κ2) is 9.41. The molecule has 31 heavy (non-hydrogen) atoms. The van der Waals surface area contributed by atoms with Crippen molar-refractivity contribution in [2.24, 2.45) is 0 Å². The standard InChI is InChI=1S/C25H31N3O3/c1-18(2)19-10-4-5-11-20(19)26-24(29)17-28-16-23(25(30)27-14-8-3-9-15-27)31-22-13-7-6-12-21(22)28/h4-7,10-13,18,23H,3,8-9,14-17H2,1-2H3,(H,26,29)/t23-/m0/s1. The molecule has 2 heterocycles. The summed E-state index contributed by atoms with van der Waals surface area (Å²) in [7, 11) is 0. The summed E-state index contributed by atoms with van der Waals surface area (Å²) in [5.41, 5.74) is 2.79. The molecule has 1 fully saturated rings. The molecule has 1 N–H and O–H groups in total. The van der Waals surface area contributed by atoms with Crippen molar-refractivity contribution in [2.45, 2.75) is 45.1 Å². The molecule has 2 aliphatic heterocycles. The molecule has 0 aliphatic carbocycles. The van der Waals surface area contributed by atoms with Crippen molar-refractivity contribution in [1.82, 2.24) is 4.90 Å². The molecule has 1 atom stereocenters. The number of hydrogen-bond acceptors (Lipinski definition) is 4. The highest BCUT2D eigenvalue weighted by Gasteiger charge is 2.34. The van der Waals surface area contributed by atoms with Crippen molar-refractivity contribution < 1.29 is 14.3 Å². The molecule has 164 valence electrons. The molecule has 0 bridgehead atoms. The third-order valence-electron chi connectivity index (χ3n) is 6.00. The Morgan fingerprint density at radius 2 is 1.74 bits per heavy atom. The Bertz CT molecular complexity index is 937. The van der Waals surface area contributed by atoms with E-state index < -0.39 is 6.10 Å². The van der Waals surface area contributed by atoms with Gasteiger partial charge in [-0.1, -0.05) is 44.2 Å². The zero-order valence-corrected chi connectivity index (χ0v) is 18.3. The lowest BCUT2D eigenvalue weighted by Crippen LogP contribution is -2.52. The van der Waals surface area contributed by atoms with Gasteiger partial charge in [0.25, 0.3) is 5.91 Å². The van der Waals surface area contributed by atoms with Crippen LogP contribution in [0.1, 0.15) is 44.6 Å². The maximum absolute atomic E-state index is 13.1. The number of carbonyl (C=O) groups is 2. The number of fused-ring (bicyclic) bond motifs is 1. The normalized spacial score (nSPS) is 18.4. The fourth-order valence-electron chi connectivity index (χ4n) is 4.38. The van der Waals surface area contributed by atoms with Crippen molar-refractivity contribution in [2.75, 3.05) is 36.4 Å². The van der Waals surface area contributed by atoms with Crippen LogP contribution >= 0.6 is 0 Å². The van der Waals surface area contributed by atoms with Crippen molar-refractivity contribution >= 4 is 23.2 Å². The Morgan fingerprint density at radius 3 is 2.52 bits per heavy atom. The van der Waals surface area contributed by atoms with Crippen LogP contribution in [-0.4, -0.2) is 49.0 Å². The highest BCUT2D eigenvalue weighted by atomic mass is 16.5. The van der Waals surface area contributed by atoms with Gasteiger partial charge in [-0.2, -0.15) is 0 Å². The molecular weight excluding hydrogens is 390 g/mol. The third kappa shape index (κ3) is 4.84. The van der Waals surface area contributed by atoms with Gasteiger partial charge < -0.3 is 19.9 Å². The van der Waals surface area contributed by atoms with E-state index in [0.29, 0.717) is 18.2 Å². The van der Waals surface area contributed by atoms with Crippen molar-refractivity contribution in [3.8, 4) is 5.75 Å². The molecular formula is C25H31N3O3. The lowest BCUT2D eigenvalue weighted by Gasteiger charge is -2.38. The van der Waals surface area contributed by atoms with Gasteiger partial charge >= 0.3 is 0 Å². The van der Waals surface area contributed by atoms with Crippen LogP contribution in [0.4, 0.5) is 11.4 Å². The molecule has 0 spiro atoms. The van der Waals surface area contributed by atoms with Crippen molar-refractivity contribution in [1.29, 1.82) is 0 Å². The van der Waals surface area contributed by atoms with Crippen LogP contribution in [0.25, 0.3) is 0 Å². The Balaban J connectivity index is 1.50. The van der Waals surface area contributed by atoms with Crippen LogP contribution in [0, 0.1) is 0 Å². The molecule has 1 saturated heterocycles. The van der Waals surface area contributed by atoms with E-state index in [2.05, 4.69) is 19.2 Å². The Hall–Kier alpha value is -3.02. The predicted molar refractivity (Wildman–Crippen MR) is 123 cm³/mol. The molecule has 6 heteroatoms. The monoisotopic (exact) mass is 421 g/mol. The topological polar surface area (TPSA) is 61.9 Å². The number of para-hydroxylation sites is 3. The molecule has 0 saturated carbocycles. The summed E-state index contributed by atoms with van der Waals surface area (Å²) < 4.78 is 6.06. The second-order valence-corrected chi connectivity index (χ2v) is 8.63. The van der Waals surface area contributed by atoms with Crippen LogP contribution in [-0.2, 0) is 9.59 Å². The number of benzene rings is 2. The molecule has 4 rings (SSSR count). The molecule has 0 radical (unpaired) electrons. The van der Waals surface area contributed by atoms with Gasteiger partial charge in [-0.05, 0) is 48.9 Å². The van der Waals surface area contributed by atoms with Gasteiger partial charge in [-0.15, -0.1) is 0 Å². The molecule has 0 aromatic heterocycles. The Morgan fingerprint density at radius 1 is 1.03 bits per heavy atom. The van der Waals surface area contributed by atoms with Gasteiger partial charge in [0, 0.05) is 18.8 Å². The van der Waals surface area contributed by atoms with E-state index in [9.17, 15) is 9.59 Å². The van der Waals surface area contributed by atoms with Crippen LogP contribution < -0.4 is 15.0 Å². The van der Waals surface area contributed by atoms with Crippen LogP contribution in [0.15, 0.2) is 48.5 Å². The summed E-state index contributed by atoms with van der Waals surface area (Å²) in [5.74, 6) is 0.880. The largest absolute Gasteiger partial charge is 0.477 e. The maximum Gasteiger partial charge on any atom is 0.265 e. The Labute approximate surface area is 184 Å². The van der Waals surface area contributed by atoms with Gasteiger partial charge in [-0.25, -0.2) is 0 Å². The number of nitrogens with one attached hydrogen (secondary N) is 1. The minimum Gasteiger partial charge on any atom is -0.477 e. The lowest BCUT2D eigenvalue weighted by atomic mass is 10.0. The average Bonchev–Trinajstić information content (AvgIpc) is 2.79. The number of ether oxygens (including phenoxy) is 1. The van der Waals surface area contributed by atoms with E-state index in [4.69, 9.17) is 4.74 Å². The highest BCUT2D eigenvalue weighted by molar-refractivity contribution is 5.95. The quantitative estimate of drug-likeness (QED) is 0.792. The summed E-state index contributed by atoms with van der Waals surface area (Å²) >= 11 is 0. The van der Waals surface area contributed by atoms with Gasteiger partial charge in [0.05, 0.1) is 18.8 Å². The number of carbonyl (C=O) groups excluding carboxylic acids is 2. The van der Waals surface area contributed by atoms with Gasteiger partial charge in [0.2, 0.25) is 5.91 Å². The molecule has 0 unspecified atom stereocenters. The molecule has 2 aliphatic rings. The summed E-state index contributed by atoms with van der Waals surface area (Å²) in [5, 5.41) is 3.06. The number of nitrogens with zero attached hydrogens (tertiary/aromatic N) is 2. The van der Waals surface area contributed by atoms with E-state index in [1.54, 1.807) is 0 Å². The summed E-state index contributed by atoms with van der Waals surface area (Å²) in [6.45, 7) is 6.32. The summed E-state index contributed by atoms with van der Waals surface area (Å²) in [6.07, 6.45) is 2.65. The van der Waals surface area contributed by atoms with Crippen LogP contribution in [0.3, 0.4) is 0 Å². The molecule has 2 aromatic carbocycles. The van der Waals surface area contributed by atoms with E-state index >= 15 is 0 Å². The first-order chi connectivity index (χ1) is 15.0. The number of anilines is 2. The first kappa shape index (κ1) is 21.2. The fraction of sp³-hybridized carbons (Fsp3) is 0.440. The Kier molecular flexibility index (Phi) is 6.44. The number of amides is 2. The van der Waals surface area contributed by atoms with E-state index in [1.807, 2.05) is 58.3 Å². The number of rotatable bonds is 5. The van der Waals surface area contributed by atoms with Gasteiger partial charge in [0.15, 0.2) is 6.10 Å². The molecule has 6 nitrogen and oxygen atoms in total. The average molecular weight is 422 g/mol. The first-order valence-corrected chi connectivity index (χ1v) is 11.2. The van der Waals surface area contributed by atoms with E-state index in [1.165, 1.54) is 6.42 Å². The van der Waals surface area contributed by atoms with Crippen molar-refractivity contribution in [3.63, 3.8) is 0 Å². The zero-order chi connectivity index (χ0) is 21.8. The van der Waals surface area contributed by atoms with Crippen LogP contribution in [0.2, 0.25) is 0 Å². The minimum absolute atomic E-state index is 0.0183. The molecule has 2 amide bonds. The number of piperidine rings is 1. The van der Waals surface area contributed by atoms with Crippen molar-refractivity contribution in [3.05, 3.63) is 54.1 Å². The molecule has 2 aromatic rings. The number of hydrogen-bond donors (Lipinski definition) is 1. The maximum atomic E-state index is 13.1. The number of likely N-dealkylation sites (tertiary alicyclic amines) is 1. The highest BCUT2D eigenvalue weighted by Crippen LogP contribution is 2.34. The lowest BCUT2D eigenvalue weighted by molar-refractivity contribution is -0.139. The van der Waals surface area contributed by atoms with E-state index in [0.717, 1.165) is 42.9 Å². The van der Waals surface area contributed by atoms with E-state index in [-0.39, 0.29) is 18.4 Å². The minimum atomic E-state index is -0.594. The smallest absolute Gasteiger partial charge is 0.265 e.